The smallest absolute Gasteiger partial charge is 0.00431 e. The summed E-state index contributed by atoms with van der Waals surface area (Å²) in [5, 5.41) is 3.50. The minimum absolute atomic E-state index is 0.197. The van der Waals surface area contributed by atoms with Crippen LogP contribution in [0.5, 0.6) is 0 Å². The summed E-state index contributed by atoms with van der Waals surface area (Å²) < 4.78 is 0. The van der Waals surface area contributed by atoms with E-state index in [4.69, 9.17) is 0 Å². The first-order chi connectivity index (χ1) is 8.10. The van der Waals surface area contributed by atoms with Gasteiger partial charge in [-0.3, -0.25) is 0 Å². The lowest BCUT2D eigenvalue weighted by atomic mass is 9.84. The van der Waals surface area contributed by atoms with Gasteiger partial charge in [0, 0.05) is 12.0 Å². The van der Waals surface area contributed by atoms with E-state index in [-0.39, 0.29) is 5.41 Å². The molecule has 0 saturated carbocycles. The van der Waals surface area contributed by atoms with Crippen molar-refractivity contribution < 1.29 is 0 Å². The van der Waals surface area contributed by atoms with Gasteiger partial charge in [0.2, 0.25) is 0 Å². The molecule has 2 heteroatoms. The summed E-state index contributed by atoms with van der Waals surface area (Å²) in [5.74, 6) is 0.957. The maximum atomic E-state index is 4.22. The summed E-state index contributed by atoms with van der Waals surface area (Å²) in [7, 11) is 0. The van der Waals surface area contributed by atoms with Gasteiger partial charge in [-0.1, -0.05) is 45.0 Å². The molecule has 0 atom stereocenters. The number of nitrogens with one attached hydrogen (secondary N) is 1. The maximum Gasteiger partial charge on any atom is 0.00431 e. The SMILES string of the molecule is CCc1ccc(C(C)(C)CNCCCS)cc1. The average molecular weight is 251 g/mol. The molecule has 96 valence electrons. The molecular formula is C15H25NS. The first-order valence-electron chi connectivity index (χ1n) is 6.51. The molecule has 0 aliphatic heterocycles. The van der Waals surface area contributed by atoms with Crippen LogP contribution in [0.2, 0.25) is 0 Å². The van der Waals surface area contributed by atoms with E-state index in [2.05, 4.69) is 63.0 Å². The van der Waals surface area contributed by atoms with Gasteiger partial charge in [-0.25, -0.2) is 0 Å². The Labute approximate surface area is 111 Å². The normalized spacial score (nSPS) is 11.8. The molecule has 1 nitrogen and oxygen atoms in total. The van der Waals surface area contributed by atoms with E-state index >= 15 is 0 Å². The van der Waals surface area contributed by atoms with Crippen molar-refractivity contribution in [3.8, 4) is 0 Å². The molecule has 0 spiro atoms. The lowest BCUT2D eigenvalue weighted by Gasteiger charge is -2.26. The second-order valence-corrected chi connectivity index (χ2v) is 5.64. The van der Waals surface area contributed by atoms with E-state index in [0.29, 0.717) is 0 Å². The van der Waals surface area contributed by atoms with E-state index < -0.39 is 0 Å². The van der Waals surface area contributed by atoms with Crippen LogP contribution in [0.25, 0.3) is 0 Å². The van der Waals surface area contributed by atoms with Crippen LogP contribution in [0.3, 0.4) is 0 Å². The monoisotopic (exact) mass is 251 g/mol. The predicted octanol–water partition coefficient (Wildman–Crippen LogP) is 3.44. The molecule has 1 rings (SSSR count). The highest BCUT2D eigenvalue weighted by Gasteiger charge is 2.19. The molecule has 1 N–H and O–H groups in total. The van der Waals surface area contributed by atoms with Crippen molar-refractivity contribution in [3.63, 3.8) is 0 Å². The van der Waals surface area contributed by atoms with Crippen molar-refractivity contribution in [1.29, 1.82) is 0 Å². The summed E-state index contributed by atoms with van der Waals surface area (Å²) in [6, 6.07) is 9.01. The third-order valence-corrected chi connectivity index (χ3v) is 3.54. The molecule has 1 aromatic rings. The number of thiol groups is 1. The molecule has 0 bridgehead atoms. The van der Waals surface area contributed by atoms with Crippen molar-refractivity contribution in [2.45, 2.75) is 39.0 Å². The standard InChI is InChI=1S/C15H25NS/c1-4-13-6-8-14(9-7-13)15(2,3)12-16-10-5-11-17/h6-9,16-17H,4-5,10-12H2,1-3H3. The Hall–Kier alpha value is -0.470. The van der Waals surface area contributed by atoms with Crippen LogP contribution in [-0.2, 0) is 11.8 Å². The Morgan fingerprint density at radius 2 is 1.82 bits per heavy atom. The Bertz CT molecular complexity index is 316. The Morgan fingerprint density at radius 3 is 2.35 bits per heavy atom. The first-order valence-corrected chi connectivity index (χ1v) is 7.14. The molecular weight excluding hydrogens is 226 g/mol. The molecule has 0 aliphatic carbocycles. The second-order valence-electron chi connectivity index (χ2n) is 5.19. The number of aryl methyl sites for hydroxylation is 1. The van der Waals surface area contributed by atoms with Crippen molar-refractivity contribution in [2.24, 2.45) is 0 Å². The summed E-state index contributed by atoms with van der Waals surface area (Å²) in [4.78, 5) is 0. The van der Waals surface area contributed by atoms with E-state index in [1.54, 1.807) is 0 Å². The van der Waals surface area contributed by atoms with Crippen LogP contribution in [0.15, 0.2) is 24.3 Å². The average Bonchev–Trinajstić information content (AvgIpc) is 2.35. The van der Waals surface area contributed by atoms with Crippen molar-refractivity contribution >= 4 is 12.6 Å². The van der Waals surface area contributed by atoms with Gasteiger partial charge in [-0.15, -0.1) is 0 Å². The van der Waals surface area contributed by atoms with Crippen molar-refractivity contribution in [3.05, 3.63) is 35.4 Å². The van der Waals surface area contributed by atoms with Gasteiger partial charge >= 0.3 is 0 Å². The summed E-state index contributed by atoms with van der Waals surface area (Å²) in [6.07, 6.45) is 2.24. The van der Waals surface area contributed by atoms with Gasteiger partial charge in [0.15, 0.2) is 0 Å². The fourth-order valence-electron chi connectivity index (χ4n) is 1.90. The minimum Gasteiger partial charge on any atom is -0.316 e. The molecule has 0 amide bonds. The van der Waals surface area contributed by atoms with Gasteiger partial charge < -0.3 is 5.32 Å². The molecule has 0 fully saturated rings. The zero-order valence-electron chi connectivity index (χ0n) is 11.3. The molecule has 0 saturated heterocycles. The van der Waals surface area contributed by atoms with Crippen LogP contribution in [0.4, 0.5) is 0 Å². The highest BCUT2D eigenvalue weighted by molar-refractivity contribution is 7.80. The minimum atomic E-state index is 0.197. The molecule has 0 aromatic heterocycles. The Morgan fingerprint density at radius 1 is 1.18 bits per heavy atom. The van der Waals surface area contributed by atoms with E-state index in [9.17, 15) is 0 Å². The topological polar surface area (TPSA) is 12.0 Å². The van der Waals surface area contributed by atoms with E-state index in [1.165, 1.54) is 11.1 Å². The maximum absolute atomic E-state index is 4.22. The van der Waals surface area contributed by atoms with Crippen LogP contribution in [-0.4, -0.2) is 18.8 Å². The molecule has 17 heavy (non-hydrogen) atoms. The highest BCUT2D eigenvalue weighted by Crippen LogP contribution is 2.22. The largest absolute Gasteiger partial charge is 0.316 e. The Balaban J connectivity index is 2.55. The van der Waals surface area contributed by atoms with Gasteiger partial charge in [-0.05, 0) is 36.3 Å². The van der Waals surface area contributed by atoms with Crippen LogP contribution in [0.1, 0.15) is 38.3 Å². The van der Waals surface area contributed by atoms with Gasteiger partial charge in [0.05, 0.1) is 0 Å². The van der Waals surface area contributed by atoms with Crippen molar-refractivity contribution in [2.75, 3.05) is 18.8 Å². The second kappa shape index (κ2) is 7.07. The summed E-state index contributed by atoms with van der Waals surface area (Å²) >= 11 is 4.22. The van der Waals surface area contributed by atoms with Crippen LogP contribution in [0, 0.1) is 0 Å². The predicted molar refractivity (Wildman–Crippen MR) is 80.2 cm³/mol. The molecule has 1 aromatic carbocycles. The zero-order valence-corrected chi connectivity index (χ0v) is 12.2. The highest BCUT2D eigenvalue weighted by atomic mass is 32.1. The first kappa shape index (κ1) is 14.6. The number of benzene rings is 1. The fraction of sp³-hybridized carbons (Fsp3) is 0.600. The number of hydrogen-bond acceptors (Lipinski definition) is 2. The lowest BCUT2D eigenvalue weighted by molar-refractivity contribution is 0.470. The summed E-state index contributed by atoms with van der Waals surface area (Å²) in [5.41, 5.74) is 3.02. The van der Waals surface area contributed by atoms with E-state index in [0.717, 1.165) is 31.7 Å². The van der Waals surface area contributed by atoms with Crippen LogP contribution >= 0.6 is 12.6 Å². The van der Waals surface area contributed by atoms with E-state index in [1.807, 2.05) is 0 Å². The quantitative estimate of drug-likeness (QED) is 0.559. The van der Waals surface area contributed by atoms with Gasteiger partial charge in [-0.2, -0.15) is 12.6 Å². The fourth-order valence-corrected chi connectivity index (χ4v) is 2.06. The van der Waals surface area contributed by atoms with Crippen LogP contribution < -0.4 is 5.32 Å². The molecule has 0 heterocycles. The molecule has 0 unspecified atom stereocenters. The third-order valence-electron chi connectivity index (χ3n) is 3.22. The zero-order chi connectivity index (χ0) is 12.7. The lowest BCUT2D eigenvalue weighted by Crippen LogP contribution is -2.33. The van der Waals surface area contributed by atoms with Gasteiger partial charge in [0.1, 0.15) is 0 Å². The summed E-state index contributed by atoms with van der Waals surface area (Å²) in [6.45, 7) is 8.86. The number of hydrogen-bond donors (Lipinski definition) is 2. The number of rotatable bonds is 7. The van der Waals surface area contributed by atoms with Gasteiger partial charge in [0.25, 0.3) is 0 Å². The third kappa shape index (κ3) is 4.72. The van der Waals surface area contributed by atoms with Crippen molar-refractivity contribution in [1.82, 2.24) is 5.32 Å². The molecule has 0 radical (unpaired) electrons. The molecule has 0 aliphatic rings. The Kier molecular flexibility index (Phi) is 6.07.